The van der Waals surface area contributed by atoms with Gasteiger partial charge in [-0.25, -0.2) is 0 Å². The molecule has 0 aliphatic heterocycles. The molecule has 1 heterocycles. The van der Waals surface area contributed by atoms with E-state index >= 15 is 0 Å². The first-order valence-corrected chi connectivity index (χ1v) is 4.30. The molecular formula is C7H3ClN2OS. The van der Waals surface area contributed by atoms with E-state index in [1.54, 1.807) is 18.2 Å². The number of benzene rings is 1. The highest BCUT2D eigenvalue weighted by Crippen LogP contribution is 2.14. The lowest BCUT2D eigenvalue weighted by atomic mass is 10.2. The molecule has 0 amide bonds. The van der Waals surface area contributed by atoms with Gasteiger partial charge in [-0.05, 0) is 29.8 Å². The maximum Gasteiger partial charge on any atom is 0.252 e. The molecule has 0 bridgehead atoms. The Hall–Kier alpha value is -1.00. The molecule has 5 heteroatoms. The van der Waals surface area contributed by atoms with E-state index in [0.29, 0.717) is 11.1 Å². The molecule has 0 spiro atoms. The first-order valence-electron chi connectivity index (χ1n) is 3.19. The van der Waals surface area contributed by atoms with Crippen molar-refractivity contribution >= 4 is 39.6 Å². The Balaban J connectivity index is 2.68. The summed E-state index contributed by atoms with van der Waals surface area (Å²) in [6, 6.07) is 5.00. The monoisotopic (exact) mass is 198 g/mol. The normalized spacial score (nSPS) is 10.4. The van der Waals surface area contributed by atoms with Crippen molar-refractivity contribution in [1.29, 1.82) is 0 Å². The second-order valence-corrected chi connectivity index (χ2v) is 3.11. The topological polar surface area (TPSA) is 42.9 Å². The highest BCUT2D eigenvalue weighted by atomic mass is 35.5. The molecule has 0 fully saturated rings. The van der Waals surface area contributed by atoms with Gasteiger partial charge in [0.15, 0.2) is 0 Å². The minimum atomic E-state index is -0.468. The zero-order chi connectivity index (χ0) is 8.55. The number of hydrogen-bond acceptors (Lipinski definition) is 4. The van der Waals surface area contributed by atoms with Gasteiger partial charge < -0.3 is 0 Å². The van der Waals surface area contributed by atoms with Crippen LogP contribution in [-0.4, -0.2) is 14.0 Å². The Bertz CT molecular complexity index is 440. The van der Waals surface area contributed by atoms with E-state index in [-0.39, 0.29) is 0 Å². The average Bonchev–Trinajstić information content (AvgIpc) is 2.49. The van der Waals surface area contributed by atoms with Crippen molar-refractivity contribution in [2.75, 3.05) is 0 Å². The summed E-state index contributed by atoms with van der Waals surface area (Å²) in [5.41, 5.74) is 1.96. The number of halogens is 1. The maximum atomic E-state index is 10.7. The van der Waals surface area contributed by atoms with E-state index in [1.165, 1.54) is 0 Å². The van der Waals surface area contributed by atoms with Gasteiger partial charge in [-0.3, -0.25) is 4.79 Å². The van der Waals surface area contributed by atoms with E-state index in [4.69, 9.17) is 11.6 Å². The lowest BCUT2D eigenvalue weighted by Gasteiger charge is -1.90. The van der Waals surface area contributed by atoms with Crippen molar-refractivity contribution < 1.29 is 4.79 Å². The summed E-state index contributed by atoms with van der Waals surface area (Å²) in [6.45, 7) is 0. The third-order valence-corrected chi connectivity index (χ3v) is 2.26. The fourth-order valence-corrected chi connectivity index (χ4v) is 1.54. The van der Waals surface area contributed by atoms with E-state index < -0.39 is 5.24 Å². The summed E-state index contributed by atoms with van der Waals surface area (Å²) in [6.07, 6.45) is 0. The highest BCUT2D eigenvalue weighted by molar-refractivity contribution is 7.00. The van der Waals surface area contributed by atoms with Crippen molar-refractivity contribution in [1.82, 2.24) is 8.75 Å². The summed E-state index contributed by atoms with van der Waals surface area (Å²) in [5, 5.41) is -0.468. The first kappa shape index (κ1) is 7.64. The largest absolute Gasteiger partial charge is 0.276 e. The quantitative estimate of drug-likeness (QED) is 0.659. The fourth-order valence-electron chi connectivity index (χ4n) is 0.904. The third-order valence-electron chi connectivity index (χ3n) is 1.48. The summed E-state index contributed by atoms with van der Waals surface area (Å²) in [7, 11) is 0. The predicted molar refractivity (Wildman–Crippen MR) is 47.6 cm³/mol. The van der Waals surface area contributed by atoms with E-state index in [9.17, 15) is 4.79 Å². The van der Waals surface area contributed by atoms with Gasteiger partial charge in [-0.1, -0.05) is 0 Å². The molecular weight excluding hydrogens is 196 g/mol. The summed E-state index contributed by atoms with van der Waals surface area (Å²) < 4.78 is 7.98. The van der Waals surface area contributed by atoms with Crippen LogP contribution in [0.1, 0.15) is 10.4 Å². The number of carbonyl (C=O) groups is 1. The summed E-state index contributed by atoms with van der Waals surface area (Å²) in [5.74, 6) is 0. The Labute approximate surface area is 77.3 Å². The minimum absolute atomic E-state index is 0.455. The fraction of sp³-hybridized carbons (Fsp3) is 0. The molecule has 0 saturated heterocycles. The third kappa shape index (κ3) is 1.19. The molecule has 2 aromatic rings. The summed E-state index contributed by atoms with van der Waals surface area (Å²) in [4.78, 5) is 10.7. The number of rotatable bonds is 1. The van der Waals surface area contributed by atoms with Crippen LogP contribution >= 0.6 is 23.3 Å². The van der Waals surface area contributed by atoms with E-state index in [0.717, 1.165) is 17.2 Å². The Morgan fingerprint density at radius 3 is 2.83 bits per heavy atom. The zero-order valence-electron chi connectivity index (χ0n) is 5.82. The molecule has 0 aliphatic rings. The molecule has 0 unspecified atom stereocenters. The molecule has 2 rings (SSSR count). The minimum Gasteiger partial charge on any atom is -0.276 e. The average molecular weight is 199 g/mol. The van der Waals surface area contributed by atoms with Gasteiger partial charge in [0.1, 0.15) is 11.0 Å². The van der Waals surface area contributed by atoms with Crippen molar-refractivity contribution in [3.63, 3.8) is 0 Å². The van der Waals surface area contributed by atoms with Gasteiger partial charge in [-0.15, -0.1) is 0 Å². The predicted octanol–water partition coefficient (Wildman–Crippen LogP) is 2.07. The number of fused-ring (bicyclic) bond motifs is 1. The van der Waals surface area contributed by atoms with Crippen LogP contribution in [0, 0.1) is 0 Å². The molecule has 3 nitrogen and oxygen atoms in total. The van der Waals surface area contributed by atoms with Crippen molar-refractivity contribution in [3.8, 4) is 0 Å². The number of hydrogen-bond donors (Lipinski definition) is 0. The Morgan fingerprint density at radius 1 is 1.33 bits per heavy atom. The molecule has 0 radical (unpaired) electrons. The van der Waals surface area contributed by atoms with Crippen LogP contribution in [-0.2, 0) is 0 Å². The van der Waals surface area contributed by atoms with Crippen LogP contribution in [0.25, 0.3) is 11.0 Å². The molecule has 12 heavy (non-hydrogen) atoms. The first-order chi connectivity index (χ1) is 5.77. The zero-order valence-corrected chi connectivity index (χ0v) is 7.39. The lowest BCUT2D eigenvalue weighted by molar-refractivity contribution is 0.108. The van der Waals surface area contributed by atoms with Crippen LogP contribution in [0.3, 0.4) is 0 Å². The van der Waals surface area contributed by atoms with Crippen LogP contribution in [0.4, 0.5) is 0 Å². The molecule has 0 saturated carbocycles. The smallest absolute Gasteiger partial charge is 0.252 e. The number of nitrogens with zero attached hydrogens (tertiary/aromatic N) is 2. The van der Waals surface area contributed by atoms with Gasteiger partial charge in [0.25, 0.3) is 5.24 Å². The molecule has 0 aliphatic carbocycles. The van der Waals surface area contributed by atoms with Gasteiger partial charge in [-0.2, -0.15) is 8.75 Å². The molecule has 0 N–H and O–H groups in total. The molecule has 0 atom stereocenters. The lowest BCUT2D eigenvalue weighted by Crippen LogP contribution is -1.87. The second kappa shape index (κ2) is 2.80. The number of aromatic nitrogens is 2. The van der Waals surface area contributed by atoms with Crippen molar-refractivity contribution in [2.45, 2.75) is 0 Å². The second-order valence-electron chi connectivity index (χ2n) is 2.24. The van der Waals surface area contributed by atoms with Crippen molar-refractivity contribution in [2.24, 2.45) is 0 Å². The molecule has 60 valence electrons. The van der Waals surface area contributed by atoms with E-state index in [1.807, 2.05) is 0 Å². The highest BCUT2D eigenvalue weighted by Gasteiger charge is 2.04. The Morgan fingerprint density at radius 2 is 2.08 bits per heavy atom. The molecule has 1 aromatic carbocycles. The Kier molecular flexibility index (Phi) is 1.78. The standard InChI is InChI=1S/C7H3ClN2OS/c8-7(11)4-1-2-5-6(3-4)10-12-9-5/h1-3H. The number of carbonyl (C=O) groups excluding carboxylic acids is 1. The summed E-state index contributed by atoms with van der Waals surface area (Å²) >= 11 is 6.41. The van der Waals surface area contributed by atoms with Gasteiger partial charge in [0, 0.05) is 5.56 Å². The molecule has 1 aromatic heterocycles. The van der Waals surface area contributed by atoms with Crippen molar-refractivity contribution in [3.05, 3.63) is 23.8 Å². The van der Waals surface area contributed by atoms with Crippen LogP contribution < -0.4 is 0 Å². The van der Waals surface area contributed by atoms with Crippen LogP contribution in [0.15, 0.2) is 18.2 Å². The van der Waals surface area contributed by atoms with E-state index in [2.05, 4.69) is 8.75 Å². The van der Waals surface area contributed by atoms with Crippen LogP contribution in [0.2, 0.25) is 0 Å². The maximum absolute atomic E-state index is 10.7. The van der Waals surface area contributed by atoms with Gasteiger partial charge in [0.05, 0.1) is 11.7 Å². The van der Waals surface area contributed by atoms with Gasteiger partial charge in [0.2, 0.25) is 0 Å². The van der Waals surface area contributed by atoms with Gasteiger partial charge >= 0.3 is 0 Å². The van der Waals surface area contributed by atoms with Crippen LogP contribution in [0.5, 0.6) is 0 Å². The SMILES string of the molecule is O=C(Cl)c1ccc2nsnc2c1.